The summed E-state index contributed by atoms with van der Waals surface area (Å²) in [5, 5.41) is 3.20. The summed E-state index contributed by atoms with van der Waals surface area (Å²) >= 11 is 0. The van der Waals surface area contributed by atoms with Gasteiger partial charge in [-0.1, -0.05) is 12.8 Å². The normalized spacial score (nSPS) is 16.9. The molecule has 0 bridgehead atoms. The molecule has 1 aromatic heterocycles. The molecule has 1 fully saturated rings. The van der Waals surface area contributed by atoms with Crippen LogP contribution in [0.3, 0.4) is 0 Å². The Kier molecular flexibility index (Phi) is 2.62. The molecule has 0 spiro atoms. The highest BCUT2D eigenvalue weighted by molar-refractivity contribution is 5.29. The number of nitrogens with zero attached hydrogens (tertiary/aromatic N) is 2. The summed E-state index contributed by atoms with van der Waals surface area (Å²) < 4.78 is 1.09. The molecule has 1 aliphatic rings. The first-order valence-electron chi connectivity index (χ1n) is 5.29. The first-order valence-corrected chi connectivity index (χ1v) is 5.29. The van der Waals surface area contributed by atoms with E-state index in [9.17, 15) is 4.79 Å². The molecule has 0 aliphatic heterocycles. The van der Waals surface area contributed by atoms with E-state index in [0.717, 1.165) is 17.5 Å². The average molecular weight is 208 g/mol. The van der Waals surface area contributed by atoms with Crippen molar-refractivity contribution in [1.29, 1.82) is 0 Å². The maximum atomic E-state index is 11.5. The Morgan fingerprint density at radius 3 is 2.87 bits per heavy atom. The Morgan fingerprint density at radius 2 is 2.20 bits per heavy atom. The largest absolute Gasteiger partial charge is 0.351 e. The minimum Gasteiger partial charge on any atom is -0.351 e. The van der Waals surface area contributed by atoms with Crippen molar-refractivity contribution in [1.82, 2.24) is 9.66 Å². The molecule has 0 atom stereocenters. The third-order valence-electron chi connectivity index (χ3n) is 2.85. The molecule has 0 amide bonds. The number of nitrogen functional groups attached to an aromatic ring is 1. The second-order valence-electron chi connectivity index (χ2n) is 4.07. The molecule has 0 radical (unpaired) electrons. The van der Waals surface area contributed by atoms with Crippen molar-refractivity contribution in [3.05, 3.63) is 22.1 Å². The van der Waals surface area contributed by atoms with E-state index in [1.165, 1.54) is 12.8 Å². The second kappa shape index (κ2) is 3.92. The van der Waals surface area contributed by atoms with Crippen LogP contribution in [-0.4, -0.2) is 15.7 Å². The lowest BCUT2D eigenvalue weighted by molar-refractivity contribution is 0.725. The lowest BCUT2D eigenvalue weighted by Gasteiger charge is -2.14. The Labute approximate surface area is 88.3 Å². The summed E-state index contributed by atoms with van der Waals surface area (Å²) in [6.45, 7) is 1.71. The highest BCUT2D eigenvalue weighted by Gasteiger charge is 2.16. The van der Waals surface area contributed by atoms with Gasteiger partial charge in [0, 0.05) is 17.8 Å². The van der Waals surface area contributed by atoms with E-state index in [1.54, 1.807) is 13.1 Å². The molecule has 1 saturated carbocycles. The van der Waals surface area contributed by atoms with Crippen molar-refractivity contribution in [2.24, 2.45) is 0 Å². The van der Waals surface area contributed by atoms with Gasteiger partial charge >= 0.3 is 0 Å². The van der Waals surface area contributed by atoms with Gasteiger partial charge in [0.1, 0.15) is 0 Å². The molecule has 0 aromatic carbocycles. The number of rotatable bonds is 2. The smallest absolute Gasteiger partial charge is 0.276 e. The van der Waals surface area contributed by atoms with Gasteiger partial charge in [-0.15, -0.1) is 0 Å². The van der Waals surface area contributed by atoms with Crippen molar-refractivity contribution in [3.63, 3.8) is 0 Å². The minimum absolute atomic E-state index is 0.189. The SMILES string of the molecule is Cc1cnc(NC2CCCC2)n(N)c1=O. The molecule has 5 heteroatoms. The van der Waals surface area contributed by atoms with Crippen LogP contribution < -0.4 is 16.7 Å². The fourth-order valence-electron chi connectivity index (χ4n) is 1.92. The number of nitrogens with one attached hydrogen (secondary N) is 1. The van der Waals surface area contributed by atoms with E-state index in [0.29, 0.717) is 17.6 Å². The van der Waals surface area contributed by atoms with Crippen molar-refractivity contribution >= 4 is 5.95 Å². The summed E-state index contributed by atoms with van der Waals surface area (Å²) in [6, 6.07) is 0.411. The van der Waals surface area contributed by atoms with Gasteiger partial charge in [0.15, 0.2) is 0 Å². The molecule has 0 saturated heterocycles. The van der Waals surface area contributed by atoms with E-state index in [2.05, 4.69) is 10.3 Å². The Balaban J connectivity index is 2.21. The molecule has 5 nitrogen and oxygen atoms in total. The van der Waals surface area contributed by atoms with Crippen LogP contribution in [0.1, 0.15) is 31.2 Å². The number of anilines is 1. The van der Waals surface area contributed by atoms with Crippen molar-refractivity contribution in [2.75, 3.05) is 11.2 Å². The van der Waals surface area contributed by atoms with E-state index in [-0.39, 0.29) is 5.56 Å². The van der Waals surface area contributed by atoms with E-state index in [1.807, 2.05) is 0 Å². The van der Waals surface area contributed by atoms with Crippen LogP contribution in [0.25, 0.3) is 0 Å². The molecule has 3 N–H and O–H groups in total. The van der Waals surface area contributed by atoms with Gasteiger partial charge in [0.2, 0.25) is 5.95 Å². The average Bonchev–Trinajstić information content (AvgIpc) is 2.72. The quantitative estimate of drug-likeness (QED) is 0.699. The Hall–Kier alpha value is -1.52. The summed E-state index contributed by atoms with van der Waals surface area (Å²) in [4.78, 5) is 15.7. The number of nitrogens with two attached hydrogens (primary N) is 1. The van der Waals surface area contributed by atoms with E-state index in [4.69, 9.17) is 5.84 Å². The molecular weight excluding hydrogens is 192 g/mol. The van der Waals surface area contributed by atoms with Crippen LogP contribution in [0.4, 0.5) is 5.95 Å². The molecule has 0 unspecified atom stereocenters. The topological polar surface area (TPSA) is 72.9 Å². The third-order valence-corrected chi connectivity index (χ3v) is 2.85. The van der Waals surface area contributed by atoms with Crippen LogP contribution in [0.15, 0.2) is 11.0 Å². The summed E-state index contributed by atoms with van der Waals surface area (Å²) in [6.07, 6.45) is 6.28. The third kappa shape index (κ3) is 1.95. The molecule has 1 aromatic rings. The van der Waals surface area contributed by atoms with Crippen molar-refractivity contribution < 1.29 is 0 Å². The summed E-state index contributed by atoms with van der Waals surface area (Å²) in [5.41, 5.74) is 0.375. The molecule has 2 rings (SSSR count). The van der Waals surface area contributed by atoms with Crippen molar-refractivity contribution in [2.45, 2.75) is 38.6 Å². The standard InChI is InChI=1S/C10H16N4O/c1-7-6-12-10(14(11)9(7)15)13-8-4-2-3-5-8/h6,8H,2-5,11H2,1H3,(H,12,13). The summed E-state index contributed by atoms with van der Waals surface area (Å²) in [7, 11) is 0. The molecule has 15 heavy (non-hydrogen) atoms. The maximum Gasteiger partial charge on any atom is 0.276 e. The Morgan fingerprint density at radius 1 is 1.53 bits per heavy atom. The molecule has 1 heterocycles. The second-order valence-corrected chi connectivity index (χ2v) is 4.07. The zero-order valence-corrected chi connectivity index (χ0v) is 8.86. The number of aromatic nitrogens is 2. The molecular formula is C10H16N4O. The van der Waals surface area contributed by atoms with Crippen molar-refractivity contribution in [3.8, 4) is 0 Å². The Bertz CT molecular complexity index is 406. The highest BCUT2D eigenvalue weighted by atomic mass is 16.1. The first kappa shape index (κ1) is 10.0. The summed E-state index contributed by atoms with van der Waals surface area (Å²) in [5.74, 6) is 6.11. The fraction of sp³-hybridized carbons (Fsp3) is 0.600. The highest BCUT2D eigenvalue weighted by Crippen LogP contribution is 2.20. The van der Waals surface area contributed by atoms with Gasteiger partial charge in [-0.25, -0.2) is 4.98 Å². The van der Waals surface area contributed by atoms with Crippen LogP contribution in [0.2, 0.25) is 0 Å². The van der Waals surface area contributed by atoms with Gasteiger partial charge in [0.05, 0.1) is 0 Å². The first-order chi connectivity index (χ1) is 7.18. The number of hydrogen-bond donors (Lipinski definition) is 2. The van der Waals surface area contributed by atoms with Gasteiger partial charge in [-0.2, -0.15) is 4.68 Å². The molecule has 82 valence electrons. The molecule has 1 aliphatic carbocycles. The monoisotopic (exact) mass is 208 g/mol. The zero-order valence-electron chi connectivity index (χ0n) is 8.86. The van der Waals surface area contributed by atoms with Gasteiger partial charge < -0.3 is 11.2 Å². The van der Waals surface area contributed by atoms with Crippen LogP contribution in [-0.2, 0) is 0 Å². The predicted octanol–water partition coefficient (Wildman–Crippen LogP) is 0.620. The zero-order chi connectivity index (χ0) is 10.8. The van der Waals surface area contributed by atoms with E-state index < -0.39 is 0 Å². The lowest BCUT2D eigenvalue weighted by Crippen LogP contribution is -2.33. The lowest BCUT2D eigenvalue weighted by atomic mass is 10.2. The van der Waals surface area contributed by atoms with Gasteiger partial charge in [0.25, 0.3) is 5.56 Å². The fourth-order valence-corrected chi connectivity index (χ4v) is 1.92. The maximum absolute atomic E-state index is 11.5. The number of aryl methyl sites for hydroxylation is 1. The minimum atomic E-state index is -0.189. The van der Waals surface area contributed by atoms with Gasteiger partial charge in [-0.3, -0.25) is 4.79 Å². The van der Waals surface area contributed by atoms with Crippen LogP contribution >= 0.6 is 0 Å². The predicted molar refractivity (Wildman–Crippen MR) is 59.3 cm³/mol. The van der Waals surface area contributed by atoms with Crippen LogP contribution in [0.5, 0.6) is 0 Å². The van der Waals surface area contributed by atoms with Crippen LogP contribution in [0, 0.1) is 6.92 Å². The van der Waals surface area contributed by atoms with E-state index >= 15 is 0 Å². The number of hydrogen-bond acceptors (Lipinski definition) is 4. The van der Waals surface area contributed by atoms with Gasteiger partial charge in [-0.05, 0) is 19.8 Å².